The molecule has 1 fully saturated rings. The van der Waals surface area contributed by atoms with E-state index in [-0.39, 0.29) is 46.5 Å². The molecule has 1 saturated heterocycles. The number of rotatable bonds is 6. The fraction of sp³-hybridized carbons (Fsp3) is 0.214. The second-order valence-electron chi connectivity index (χ2n) is 9.62. The van der Waals surface area contributed by atoms with Crippen LogP contribution in [0.25, 0.3) is 5.76 Å². The molecule has 3 atom stereocenters. The molecule has 41 heavy (non-hydrogen) atoms. The number of likely N-dealkylation sites (tertiary alicyclic amines) is 1. The molecule has 13 heteroatoms. The van der Waals surface area contributed by atoms with Crippen LogP contribution in [0.3, 0.4) is 0 Å². The van der Waals surface area contributed by atoms with Crippen molar-refractivity contribution in [2.75, 3.05) is 18.4 Å². The van der Waals surface area contributed by atoms with Gasteiger partial charge in [-0.1, -0.05) is 41.9 Å². The first-order chi connectivity index (χ1) is 19.6. The lowest BCUT2D eigenvalue weighted by Gasteiger charge is -2.18. The number of aliphatic imine (C=N–C) groups is 1. The maximum atomic E-state index is 13.7. The fourth-order valence-electron chi connectivity index (χ4n) is 5.42. The summed E-state index contributed by atoms with van der Waals surface area (Å²) in [7, 11) is 0. The summed E-state index contributed by atoms with van der Waals surface area (Å²) in [4.78, 5) is 54.3. The third-order valence-corrected chi connectivity index (χ3v) is 7.58. The molecular formula is C28H19ClF3N5O4. The predicted octanol–water partition coefficient (Wildman–Crippen LogP) is 4.52. The number of benzene rings is 1. The van der Waals surface area contributed by atoms with E-state index >= 15 is 0 Å². The number of imide groups is 1. The van der Waals surface area contributed by atoms with E-state index in [0.717, 1.165) is 11.0 Å². The predicted molar refractivity (Wildman–Crippen MR) is 141 cm³/mol. The zero-order chi connectivity index (χ0) is 29.1. The van der Waals surface area contributed by atoms with Gasteiger partial charge in [-0.25, -0.2) is 4.98 Å². The van der Waals surface area contributed by atoms with E-state index in [1.807, 2.05) is 0 Å². The average molecular weight is 582 g/mol. The number of aliphatic hydroxyl groups is 1. The third kappa shape index (κ3) is 4.34. The number of halogens is 4. The average Bonchev–Trinajstić information content (AvgIpc) is 3.54. The summed E-state index contributed by atoms with van der Waals surface area (Å²) in [6.45, 7) is -0.223. The van der Waals surface area contributed by atoms with Crippen LogP contribution in [0.1, 0.15) is 33.2 Å². The van der Waals surface area contributed by atoms with E-state index in [1.165, 1.54) is 6.20 Å². The minimum absolute atomic E-state index is 0.0191. The molecule has 0 saturated carbocycles. The smallest absolute Gasteiger partial charge is 0.417 e. The molecule has 2 aromatic heterocycles. The number of aromatic nitrogens is 2. The van der Waals surface area contributed by atoms with E-state index in [2.05, 4.69) is 20.3 Å². The van der Waals surface area contributed by atoms with Gasteiger partial charge in [0, 0.05) is 36.6 Å². The summed E-state index contributed by atoms with van der Waals surface area (Å²) in [5, 5.41) is 13.5. The maximum absolute atomic E-state index is 13.7. The molecule has 3 aromatic rings. The number of carbonyl (C=O) groups is 3. The SMILES string of the molecule is O=C1C(C2=N[C@@H](c3ccccn3)[C@@H]3C(=O)N(CCNc4ncc(C(F)(F)F)cc4Cl)C(=O)[C@@H]23)=C(O)c2ccccc21. The summed E-state index contributed by atoms with van der Waals surface area (Å²) in [6, 6.07) is 11.4. The van der Waals surface area contributed by atoms with E-state index < -0.39 is 47.2 Å². The topological polar surface area (TPSA) is 125 Å². The zero-order valence-electron chi connectivity index (χ0n) is 20.9. The Morgan fingerprint density at radius 2 is 1.73 bits per heavy atom. The number of ketones is 1. The molecule has 9 nitrogen and oxygen atoms in total. The number of amides is 2. The van der Waals surface area contributed by atoms with Gasteiger partial charge in [0.25, 0.3) is 0 Å². The molecule has 0 unspecified atom stereocenters. The summed E-state index contributed by atoms with van der Waals surface area (Å²) in [5.41, 5.74) is -0.125. The standard InChI is InChI=1S/C28H19ClF3N5O4/c29-16-11-13(28(30,31)32)12-35-25(16)34-9-10-37-26(40)18-19(27(37)41)22(36-21(18)17-7-3-4-8-33-17)20-23(38)14-5-1-2-6-15(14)24(20)39/h1-8,11-12,18-19,21,38H,9-10H2,(H,34,35)/t18-,19-,21+/m1/s1. The lowest BCUT2D eigenvalue weighted by Crippen LogP contribution is -2.37. The number of Topliss-reactive ketones (excluding diaryl/α,β-unsaturated/α-hetero) is 1. The molecule has 208 valence electrons. The summed E-state index contributed by atoms with van der Waals surface area (Å²) < 4.78 is 38.8. The van der Waals surface area contributed by atoms with E-state index in [4.69, 9.17) is 11.6 Å². The summed E-state index contributed by atoms with van der Waals surface area (Å²) >= 11 is 5.95. The van der Waals surface area contributed by atoms with Gasteiger partial charge in [0.05, 0.1) is 39.4 Å². The van der Waals surface area contributed by atoms with Crippen molar-refractivity contribution in [2.24, 2.45) is 16.8 Å². The molecule has 4 heterocycles. The van der Waals surface area contributed by atoms with Gasteiger partial charge in [-0.05, 0) is 18.2 Å². The molecule has 2 N–H and O–H groups in total. The van der Waals surface area contributed by atoms with Crippen LogP contribution in [-0.4, -0.2) is 56.4 Å². The lowest BCUT2D eigenvalue weighted by atomic mass is 9.84. The Bertz CT molecular complexity index is 1670. The molecule has 2 aliphatic heterocycles. The van der Waals surface area contributed by atoms with Crippen LogP contribution in [0.5, 0.6) is 0 Å². The summed E-state index contributed by atoms with van der Waals surface area (Å²) in [6.07, 6.45) is -2.46. The van der Waals surface area contributed by atoms with Gasteiger partial charge >= 0.3 is 6.18 Å². The van der Waals surface area contributed by atoms with Gasteiger partial charge in [0.15, 0.2) is 5.78 Å². The van der Waals surface area contributed by atoms with Crippen LogP contribution >= 0.6 is 11.6 Å². The van der Waals surface area contributed by atoms with Crippen LogP contribution < -0.4 is 5.32 Å². The normalized spacial score (nSPS) is 21.9. The largest absolute Gasteiger partial charge is 0.506 e. The minimum Gasteiger partial charge on any atom is -0.506 e. The molecule has 0 radical (unpaired) electrons. The zero-order valence-corrected chi connectivity index (χ0v) is 21.6. The maximum Gasteiger partial charge on any atom is 0.417 e. The molecule has 0 spiro atoms. The molecule has 6 rings (SSSR count). The molecule has 1 aliphatic carbocycles. The number of nitrogens with zero attached hydrogens (tertiary/aromatic N) is 4. The number of carbonyl (C=O) groups excluding carboxylic acids is 3. The van der Waals surface area contributed by atoms with Gasteiger partial charge in [0.2, 0.25) is 11.8 Å². The van der Waals surface area contributed by atoms with Gasteiger partial charge in [-0.15, -0.1) is 0 Å². The molecule has 0 bridgehead atoms. The van der Waals surface area contributed by atoms with Crippen LogP contribution in [-0.2, 0) is 15.8 Å². The van der Waals surface area contributed by atoms with Crippen LogP contribution in [0.15, 0.2) is 71.5 Å². The third-order valence-electron chi connectivity index (χ3n) is 7.29. The number of allylic oxidation sites excluding steroid dienone is 1. The van der Waals surface area contributed by atoms with Gasteiger partial charge in [-0.3, -0.25) is 29.3 Å². The second-order valence-corrected chi connectivity index (χ2v) is 10.0. The number of anilines is 1. The molecular weight excluding hydrogens is 563 g/mol. The monoisotopic (exact) mass is 581 g/mol. The van der Waals surface area contributed by atoms with Gasteiger partial charge in [-0.2, -0.15) is 13.2 Å². The first kappa shape index (κ1) is 26.6. The van der Waals surface area contributed by atoms with Crippen molar-refractivity contribution in [3.05, 3.63) is 93.9 Å². The Labute approximate surface area is 235 Å². The summed E-state index contributed by atoms with van der Waals surface area (Å²) in [5.74, 6) is -4.17. The van der Waals surface area contributed by atoms with Crippen molar-refractivity contribution in [3.63, 3.8) is 0 Å². The van der Waals surface area contributed by atoms with Gasteiger partial charge in [0.1, 0.15) is 17.6 Å². The Morgan fingerprint density at radius 3 is 2.39 bits per heavy atom. The number of hydrogen-bond acceptors (Lipinski definition) is 8. The van der Waals surface area contributed by atoms with Crippen molar-refractivity contribution < 1.29 is 32.7 Å². The number of pyridine rings is 2. The Kier molecular flexibility index (Phi) is 6.37. The quantitative estimate of drug-likeness (QED) is 0.410. The highest BCUT2D eigenvalue weighted by Gasteiger charge is 2.59. The number of alkyl halides is 3. The highest BCUT2D eigenvalue weighted by Crippen LogP contribution is 2.48. The highest BCUT2D eigenvalue weighted by atomic mass is 35.5. The molecule has 2 amide bonds. The van der Waals surface area contributed by atoms with Crippen molar-refractivity contribution in [1.29, 1.82) is 0 Å². The first-order valence-electron chi connectivity index (χ1n) is 12.5. The Morgan fingerprint density at radius 1 is 1.00 bits per heavy atom. The van der Waals surface area contributed by atoms with Crippen molar-refractivity contribution in [3.8, 4) is 0 Å². The number of nitrogens with one attached hydrogen (secondary N) is 1. The van der Waals surface area contributed by atoms with Gasteiger partial charge < -0.3 is 10.4 Å². The molecule has 3 aliphatic rings. The number of fused-ring (bicyclic) bond motifs is 2. The first-order valence-corrected chi connectivity index (χ1v) is 12.8. The minimum atomic E-state index is -4.61. The van der Waals surface area contributed by atoms with Crippen LogP contribution in [0.2, 0.25) is 5.02 Å². The van der Waals surface area contributed by atoms with Crippen LogP contribution in [0.4, 0.5) is 19.0 Å². The van der Waals surface area contributed by atoms with Crippen molar-refractivity contribution in [2.45, 2.75) is 12.2 Å². The fourth-order valence-corrected chi connectivity index (χ4v) is 5.65. The number of aliphatic hydroxyl groups excluding tert-OH is 1. The number of hydrogen-bond donors (Lipinski definition) is 2. The van der Waals surface area contributed by atoms with E-state index in [9.17, 15) is 32.7 Å². The van der Waals surface area contributed by atoms with E-state index in [1.54, 1.807) is 42.5 Å². The Balaban J connectivity index is 1.29. The Hall–Kier alpha value is -4.58. The van der Waals surface area contributed by atoms with Crippen molar-refractivity contribution >= 4 is 46.5 Å². The second kappa shape index (κ2) is 9.81. The molecule has 1 aromatic carbocycles. The van der Waals surface area contributed by atoms with Crippen LogP contribution in [0, 0.1) is 11.8 Å². The van der Waals surface area contributed by atoms with E-state index in [0.29, 0.717) is 17.5 Å². The lowest BCUT2D eigenvalue weighted by molar-refractivity contribution is -0.140. The van der Waals surface area contributed by atoms with Crippen molar-refractivity contribution in [1.82, 2.24) is 14.9 Å². The highest BCUT2D eigenvalue weighted by molar-refractivity contribution is 6.40.